The Bertz CT molecular complexity index is 871. The maximum absolute atomic E-state index is 12.9. The summed E-state index contributed by atoms with van der Waals surface area (Å²) in [6, 6.07) is 15.7. The molecule has 2 heterocycles. The Hall–Kier alpha value is -1.98. The zero-order valence-corrected chi connectivity index (χ0v) is 18.6. The number of halogens is 1. The topological polar surface area (TPSA) is 40.6 Å². The summed E-state index contributed by atoms with van der Waals surface area (Å²) in [6.07, 6.45) is 3.79. The second-order valence-electron chi connectivity index (χ2n) is 8.04. The second-order valence-corrected chi connectivity index (χ2v) is 9.52. The number of hydrogen-bond acceptors (Lipinski definition) is 3. The van der Waals surface area contributed by atoms with Crippen LogP contribution in [0.2, 0.25) is 5.02 Å². The lowest BCUT2D eigenvalue weighted by Gasteiger charge is -2.33. The van der Waals surface area contributed by atoms with Crippen LogP contribution >= 0.6 is 23.4 Å². The van der Waals surface area contributed by atoms with Crippen LogP contribution in [-0.2, 0) is 10.5 Å². The molecule has 0 radical (unpaired) electrons. The summed E-state index contributed by atoms with van der Waals surface area (Å²) >= 11 is 7.68. The van der Waals surface area contributed by atoms with Crippen LogP contribution < -0.4 is 0 Å². The van der Waals surface area contributed by atoms with E-state index in [-0.39, 0.29) is 11.8 Å². The SMILES string of the molecule is O=C(c1ccc(CSc2ccc(Cl)cc2)cc1)N1CCC(C(=O)N2CCCC2)CC1. The van der Waals surface area contributed by atoms with Crippen molar-refractivity contribution in [1.82, 2.24) is 9.80 Å². The molecule has 0 aliphatic carbocycles. The van der Waals surface area contributed by atoms with E-state index in [1.807, 2.05) is 58.3 Å². The quantitative estimate of drug-likeness (QED) is 0.604. The summed E-state index contributed by atoms with van der Waals surface area (Å²) in [4.78, 5) is 30.5. The number of rotatable bonds is 5. The van der Waals surface area contributed by atoms with E-state index in [2.05, 4.69) is 0 Å². The lowest BCUT2D eigenvalue weighted by Crippen LogP contribution is -2.43. The van der Waals surface area contributed by atoms with Gasteiger partial charge in [0, 0.05) is 53.3 Å². The third kappa shape index (κ3) is 5.19. The van der Waals surface area contributed by atoms with Gasteiger partial charge in [-0.25, -0.2) is 0 Å². The predicted octanol–water partition coefficient (Wildman–Crippen LogP) is 5.11. The molecular weight excluding hydrogens is 416 g/mol. The summed E-state index contributed by atoms with van der Waals surface area (Å²) < 4.78 is 0. The van der Waals surface area contributed by atoms with Crippen molar-refractivity contribution in [2.45, 2.75) is 36.3 Å². The van der Waals surface area contributed by atoms with E-state index in [4.69, 9.17) is 11.6 Å². The van der Waals surface area contributed by atoms with Crippen LogP contribution in [0.15, 0.2) is 53.4 Å². The molecule has 2 aliphatic heterocycles. The van der Waals surface area contributed by atoms with Gasteiger partial charge in [-0.2, -0.15) is 0 Å². The molecule has 2 aromatic rings. The molecule has 30 heavy (non-hydrogen) atoms. The van der Waals surface area contributed by atoms with Crippen LogP contribution in [0.3, 0.4) is 0 Å². The summed E-state index contributed by atoms with van der Waals surface area (Å²) in [6.45, 7) is 3.13. The minimum Gasteiger partial charge on any atom is -0.342 e. The molecule has 2 aliphatic rings. The van der Waals surface area contributed by atoms with Gasteiger partial charge in [-0.3, -0.25) is 9.59 Å². The molecule has 0 atom stereocenters. The summed E-state index contributed by atoms with van der Waals surface area (Å²) in [5.74, 6) is 1.29. The van der Waals surface area contributed by atoms with Gasteiger partial charge < -0.3 is 9.80 Å². The molecular formula is C24H27ClN2O2S. The van der Waals surface area contributed by atoms with Gasteiger partial charge in [0.15, 0.2) is 0 Å². The van der Waals surface area contributed by atoms with E-state index in [1.54, 1.807) is 11.8 Å². The van der Waals surface area contributed by atoms with E-state index >= 15 is 0 Å². The fourth-order valence-electron chi connectivity index (χ4n) is 4.15. The predicted molar refractivity (Wildman–Crippen MR) is 122 cm³/mol. The second kappa shape index (κ2) is 9.88. The van der Waals surface area contributed by atoms with Gasteiger partial charge in [-0.1, -0.05) is 23.7 Å². The van der Waals surface area contributed by atoms with Crippen LogP contribution in [0.5, 0.6) is 0 Å². The summed E-state index contributed by atoms with van der Waals surface area (Å²) in [7, 11) is 0. The summed E-state index contributed by atoms with van der Waals surface area (Å²) in [5.41, 5.74) is 1.90. The third-order valence-corrected chi connectivity index (χ3v) is 7.30. The number of nitrogens with zero attached hydrogens (tertiary/aromatic N) is 2. The van der Waals surface area contributed by atoms with Crippen molar-refractivity contribution < 1.29 is 9.59 Å². The first-order chi connectivity index (χ1) is 14.6. The molecule has 2 amide bonds. The summed E-state index contributed by atoms with van der Waals surface area (Å²) in [5, 5.41) is 0.742. The van der Waals surface area contributed by atoms with Gasteiger partial charge in [0.05, 0.1) is 0 Å². The largest absolute Gasteiger partial charge is 0.342 e. The molecule has 6 heteroatoms. The molecule has 0 N–H and O–H groups in total. The zero-order valence-electron chi connectivity index (χ0n) is 17.1. The maximum atomic E-state index is 12.9. The van der Waals surface area contributed by atoms with Crippen molar-refractivity contribution in [3.8, 4) is 0 Å². The first kappa shape index (κ1) is 21.3. The fraction of sp³-hybridized carbons (Fsp3) is 0.417. The van der Waals surface area contributed by atoms with Crippen molar-refractivity contribution in [1.29, 1.82) is 0 Å². The Kier molecular flexibility index (Phi) is 7.00. The number of carbonyl (C=O) groups excluding carboxylic acids is 2. The highest BCUT2D eigenvalue weighted by Crippen LogP contribution is 2.26. The van der Waals surface area contributed by atoms with E-state index in [0.29, 0.717) is 19.0 Å². The molecule has 4 nitrogen and oxygen atoms in total. The zero-order chi connectivity index (χ0) is 20.9. The Morgan fingerprint density at radius 1 is 0.867 bits per heavy atom. The number of hydrogen-bond donors (Lipinski definition) is 0. The van der Waals surface area contributed by atoms with Crippen molar-refractivity contribution in [3.05, 3.63) is 64.7 Å². The minimum absolute atomic E-state index is 0.0685. The average Bonchev–Trinajstić information content (AvgIpc) is 3.33. The van der Waals surface area contributed by atoms with E-state index < -0.39 is 0 Å². The molecule has 2 aromatic carbocycles. The van der Waals surface area contributed by atoms with Gasteiger partial charge in [0.25, 0.3) is 5.91 Å². The first-order valence-electron chi connectivity index (χ1n) is 10.7. The van der Waals surface area contributed by atoms with Gasteiger partial charge in [0.1, 0.15) is 0 Å². The van der Waals surface area contributed by atoms with Crippen molar-refractivity contribution in [2.75, 3.05) is 26.2 Å². The number of benzene rings is 2. The molecule has 158 valence electrons. The number of piperidine rings is 1. The Morgan fingerprint density at radius 3 is 2.13 bits per heavy atom. The van der Waals surface area contributed by atoms with Crippen LogP contribution in [0, 0.1) is 5.92 Å². The van der Waals surface area contributed by atoms with Crippen LogP contribution in [0.1, 0.15) is 41.6 Å². The molecule has 2 fully saturated rings. The van der Waals surface area contributed by atoms with Crippen molar-refractivity contribution >= 4 is 35.2 Å². The lowest BCUT2D eigenvalue weighted by molar-refractivity contribution is -0.135. The molecule has 0 unspecified atom stereocenters. The van der Waals surface area contributed by atoms with Gasteiger partial charge in [-0.15, -0.1) is 11.8 Å². The van der Waals surface area contributed by atoms with Crippen LogP contribution in [-0.4, -0.2) is 47.8 Å². The maximum Gasteiger partial charge on any atom is 0.253 e. The van der Waals surface area contributed by atoms with Crippen molar-refractivity contribution in [2.24, 2.45) is 5.92 Å². The Morgan fingerprint density at radius 2 is 1.50 bits per heavy atom. The molecule has 0 spiro atoms. The number of thioether (sulfide) groups is 1. The standard InChI is InChI=1S/C24H27ClN2O2S/c25-21-7-9-22(10-8-21)30-17-18-3-5-19(6-4-18)23(28)27-15-11-20(12-16-27)24(29)26-13-1-2-14-26/h3-10,20H,1-2,11-17H2. The highest BCUT2D eigenvalue weighted by Gasteiger charge is 2.31. The van der Waals surface area contributed by atoms with Crippen LogP contribution in [0.4, 0.5) is 0 Å². The number of amides is 2. The molecule has 4 rings (SSSR count). The molecule has 2 saturated heterocycles. The highest BCUT2D eigenvalue weighted by molar-refractivity contribution is 7.98. The van der Waals surface area contributed by atoms with Crippen LogP contribution in [0.25, 0.3) is 0 Å². The Balaban J connectivity index is 1.27. The Labute approximate surface area is 187 Å². The molecule has 0 aromatic heterocycles. The lowest BCUT2D eigenvalue weighted by atomic mass is 9.95. The van der Waals surface area contributed by atoms with Gasteiger partial charge in [-0.05, 0) is 67.6 Å². The van der Waals surface area contributed by atoms with Gasteiger partial charge >= 0.3 is 0 Å². The fourth-order valence-corrected chi connectivity index (χ4v) is 5.13. The highest BCUT2D eigenvalue weighted by atomic mass is 35.5. The molecule has 0 saturated carbocycles. The van der Waals surface area contributed by atoms with E-state index in [9.17, 15) is 9.59 Å². The van der Waals surface area contributed by atoms with Gasteiger partial charge in [0.2, 0.25) is 5.91 Å². The van der Waals surface area contributed by atoms with Crippen molar-refractivity contribution in [3.63, 3.8) is 0 Å². The number of likely N-dealkylation sites (tertiary alicyclic amines) is 2. The normalized spacial score (nSPS) is 17.4. The molecule has 0 bridgehead atoms. The third-order valence-electron chi connectivity index (χ3n) is 5.97. The first-order valence-corrected chi connectivity index (χ1v) is 12.0. The monoisotopic (exact) mass is 442 g/mol. The minimum atomic E-state index is 0.0685. The van der Waals surface area contributed by atoms with E-state index in [0.717, 1.165) is 55.1 Å². The smallest absolute Gasteiger partial charge is 0.253 e. The van der Waals surface area contributed by atoms with E-state index in [1.165, 1.54) is 10.5 Å². The average molecular weight is 443 g/mol. The number of carbonyl (C=O) groups is 2.